The molecule has 0 aromatic carbocycles. The lowest BCUT2D eigenvalue weighted by atomic mass is 9.93. The van der Waals surface area contributed by atoms with E-state index < -0.39 is 0 Å². The van der Waals surface area contributed by atoms with Crippen molar-refractivity contribution in [3.05, 3.63) is 12.2 Å². The molecule has 1 rings (SSSR count). The van der Waals surface area contributed by atoms with Crippen LogP contribution in [-0.2, 0) is 9.59 Å². The van der Waals surface area contributed by atoms with Gasteiger partial charge in [0.05, 0.1) is 0 Å². The molecule has 0 radical (unpaired) electrons. The molecule has 0 bridgehead atoms. The van der Waals surface area contributed by atoms with Gasteiger partial charge >= 0.3 is 0 Å². The Labute approximate surface area is 122 Å². The number of amides is 2. The van der Waals surface area contributed by atoms with Gasteiger partial charge in [-0.2, -0.15) is 0 Å². The monoisotopic (exact) mass is 280 g/mol. The van der Waals surface area contributed by atoms with Crippen molar-refractivity contribution in [1.29, 1.82) is 0 Å². The number of hydrogen-bond acceptors (Lipinski definition) is 2. The third-order valence-electron chi connectivity index (χ3n) is 3.83. The maximum atomic E-state index is 12.1. The van der Waals surface area contributed by atoms with Crippen molar-refractivity contribution in [1.82, 2.24) is 9.80 Å². The van der Waals surface area contributed by atoms with E-state index in [1.807, 2.05) is 17.1 Å². The highest BCUT2D eigenvalue weighted by Gasteiger charge is 2.23. The maximum absolute atomic E-state index is 12.1. The predicted molar refractivity (Wildman–Crippen MR) is 81.3 cm³/mol. The molecular formula is C16H28N2O2. The first-order chi connectivity index (χ1) is 9.54. The number of carbonyl (C=O) groups is 2. The van der Waals surface area contributed by atoms with Crippen LogP contribution in [0.5, 0.6) is 0 Å². The van der Waals surface area contributed by atoms with Crippen molar-refractivity contribution in [2.45, 2.75) is 45.4 Å². The minimum Gasteiger partial charge on any atom is -0.349 e. The second kappa shape index (κ2) is 8.77. The van der Waals surface area contributed by atoms with Crippen LogP contribution in [-0.4, -0.2) is 48.8 Å². The molecule has 1 aliphatic rings. The van der Waals surface area contributed by atoms with Crippen LogP contribution in [0.4, 0.5) is 0 Å². The maximum Gasteiger partial charge on any atom is 0.226 e. The van der Waals surface area contributed by atoms with Gasteiger partial charge in [0.2, 0.25) is 11.8 Å². The Kier molecular flexibility index (Phi) is 7.34. The average molecular weight is 280 g/mol. The summed E-state index contributed by atoms with van der Waals surface area (Å²) in [5, 5.41) is 0. The molecule has 1 aliphatic heterocycles. The van der Waals surface area contributed by atoms with Crippen molar-refractivity contribution in [2.75, 3.05) is 27.2 Å². The molecule has 0 unspecified atom stereocenters. The van der Waals surface area contributed by atoms with E-state index in [9.17, 15) is 9.59 Å². The first-order valence-corrected chi connectivity index (χ1v) is 7.67. The van der Waals surface area contributed by atoms with E-state index in [0.717, 1.165) is 38.8 Å². The summed E-state index contributed by atoms with van der Waals surface area (Å²) in [5.41, 5.74) is 0. The van der Waals surface area contributed by atoms with E-state index >= 15 is 0 Å². The van der Waals surface area contributed by atoms with E-state index in [1.54, 1.807) is 19.0 Å². The van der Waals surface area contributed by atoms with E-state index in [2.05, 4.69) is 6.92 Å². The highest BCUT2D eigenvalue weighted by Crippen LogP contribution is 2.21. The van der Waals surface area contributed by atoms with Gasteiger partial charge in [-0.3, -0.25) is 9.59 Å². The quantitative estimate of drug-likeness (QED) is 0.701. The Morgan fingerprint density at radius 1 is 1.30 bits per heavy atom. The van der Waals surface area contributed by atoms with Gasteiger partial charge in [0.15, 0.2) is 0 Å². The first kappa shape index (κ1) is 16.7. The normalized spacial score (nSPS) is 19.4. The number of carbonyl (C=O) groups excluding carboxylic acids is 2. The summed E-state index contributed by atoms with van der Waals surface area (Å²) < 4.78 is 0. The van der Waals surface area contributed by atoms with Gasteiger partial charge in [0, 0.05) is 40.0 Å². The fourth-order valence-electron chi connectivity index (χ4n) is 2.56. The van der Waals surface area contributed by atoms with Gasteiger partial charge in [-0.05, 0) is 31.6 Å². The van der Waals surface area contributed by atoms with Gasteiger partial charge in [-0.1, -0.05) is 19.1 Å². The highest BCUT2D eigenvalue weighted by atomic mass is 16.2. The van der Waals surface area contributed by atoms with E-state index in [0.29, 0.717) is 18.8 Å². The minimum absolute atomic E-state index is 0.180. The number of piperidine rings is 1. The smallest absolute Gasteiger partial charge is 0.226 e. The van der Waals surface area contributed by atoms with Gasteiger partial charge in [-0.25, -0.2) is 0 Å². The summed E-state index contributed by atoms with van der Waals surface area (Å²) in [4.78, 5) is 27.3. The first-order valence-electron chi connectivity index (χ1n) is 7.67. The largest absolute Gasteiger partial charge is 0.349 e. The number of nitrogens with zero attached hydrogens (tertiary/aromatic N) is 2. The molecule has 0 saturated carbocycles. The molecule has 1 fully saturated rings. The Bertz CT molecular complexity index is 350. The Morgan fingerprint density at radius 3 is 2.70 bits per heavy atom. The van der Waals surface area contributed by atoms with Gasteiger partial charge < -0.3 is 9.80 Å². The standard InChI is InChI=1S/C16H28N2O2/c1-4-5-6-9-16(20)18-12-7-8-14(13-18)10-11-15(19)17(2)3/h5-6,14H,4,7-13H2,1-3H3/b6-5+/t14-/m0/s1. The van der Waals surface area contributed by atoms with E-state index in [4.69, 9.17) is 0 Å². The van der Waals surface area contributed by atoms with Crippen LogP contribution in [0.3, 0.4) is 0 Å². The van der Waals surface area contributed by atoms with Gasteiger partial charge in [-0.15, -0.1) is 0 Å². The Morgan fingerprint density at radius 2 is 2.05 bits per heavy atom. The van der Waals surface area contributed by atoms with Gasteiger partial charge in [0.25, 0.3) is 0 Å². The van der Waals surface area contributed by atoms with Crippen molar-refractivity contribution in [3.8, 4) is 0 Å². The second-order valence-electron chi connectivity index (χ2n) is 5.76. The summed E-state index contributed by atoms with van der Waals surface area (Å²) in [6, 6.07) is 0. The molecule has 2 amide bonds. The lowest BCUT2D eigenvalue weighted by Crippen LogP contribution is -2.40. The van der Waals surface area contributed by atoms with Crippen LogP contribution in [0.25, 0.3) is 0 Å². The molecule has 0 aliphatic carbocycles. The summed E-state index contributed by atoms with van der Waals surface area (Å²) in [5.74, 6) is 0.879. The molecule has 20 heavy (non-hydrogen) atoms. The molecule has 4 heteroatoms. The average Bonchev–Trinajstić information content (AvgIpc) is 2.45. The summed E-state index contributed by atoms with van der Waals surface area (Å²) in [7, 11) is 3.58. The number of allylic oxidation sites excluding steroid dienone is 1. The molecular weight excluding hydrogens is 252 g/mol. The fourth-order valence-corrected chi connectivity index (χ4v) is 2.56. The predicted octanol–water partition coefficient (Wildman–Crippen LogP) is 2.45. The zero-order valence-electron chi connectivity index (χ0n) is 13.1. The van der Waals surface area contributed by atoms with E-state index in [1.165, 1.54) is 0 Å². The molecule has 0 spiro atoms. The van der Waals surface area contributed by atoms with Crippen LogP contribution in [0.2, 0.25) is 0 Å². The molecule has 114 valence electrons. The molecule has 1 saturated heterocycles. The second-order valence-corrected chi connectivity index (χ2v) is 5.76. The highest BCUT2D eigenvalue weighted by molar-refractivity contribution is 5.78. The van der Waals surface area contributed by atoms with Crippen LogP contribution in [0.15, 0.2) is 12.2 Å². The summed E-state index contributed by atoms with van der Waals surface area (Å²) in [6.45, 7) is 3.76. The molecule has 0 aromatic rings. The van der Waals surface area contributed by atoms with Crippen molar-refractivity contribution < 1.29 is 9.59 Å². The lowest BCUT2D eigenvalue weighted by Gasteiger charge is -2.32. The number of hydrogen-bond donors (Lipinski definition) is 0. The zero-order chi connectivity index (χ0) is 15.0. The van der Waals surface area contributed by atoms with Crippen molar-refractivity contribution >= 4 is 11.8 Å². The molecule has 0 N–H and O–H groups in total. The molecule has 0 aromatic heterocycles. The summed E-state index contributed by atoms with van der Waals surface area (Å²) >= 11 is 0. The molecule has 4 nitrogen and oxygen atoms in total. The van der Waals surface area contributed by atoms with Gasteiger partial charge in [0.1, 0.15) is 0 Å². The van der Waals surface area contributed by atoms with Crippen LogP contribution in [0, 0.1) is 5.92 Å². The summed E-state index contributed by atoms with van der Waals surface area (Å²) in [6.07, 6.45) is 9.16. The Balaban J connectivity index is 2.36. The third kappa shape index (κ3) is 5.76. The zero-order valence-corrected chi connectivity index (χ0v) is 13.1. The fraction of sp³-hybridized carbons (Fsp3) is 0.750. The Hall–Kier alpha value is -1.32. The molecule has 1 atom stereocenters. The van der Waals surface area contributed by atoms with Crippen LogP contribution in [0.1, 0.15) is 45.4 Å². The topological polar surface area (TPSA) is 40.6 Å². The lowest BCUT2D eigenvalue weighted by molar-refractivity contribution is -0.132. The van der Waals surface area contributed by atoms with Crippen molar-refractivity contribution in [2.24, 2.45) is 5.92 Å². The molecule has 1 heterocycles. The van der Waals surface area contributed by atoms with Crippen LogP contribution < -0.4 is 0 Å². The number of likely N-dealkylation sites (tertiary alicyclic amines) is 1. The number of rotatable bonds is 6. The minimum atomic E-state index is 0.180. The van der Waals surface area contributed by atoms with Crippen molar-refractivity contribution in [3.63, 3.8) is 0 Å². The van der Waals surface area contributed by atoms with E-state index in [-0.39, 0.29) is 11.8 Å². The van der Waals surface area contributed by atoms with Crippen LogP contribution >= 0.6 is 0 Å². The SMILES string of the molecule is CC/C=C/CC(=O)N1CCC[C@@H](CCC(=O)N(C)C)C1. The third-order valence-corrected chi connectivity index (χ3v) is 3.83.